The number of hydrogen-bond acceptors (Lipinski definition) is 5. The molecule has 28 heavy (non-hydrogen) atoms. The lowest BCUT2D eigenvalue weighted by atomic mass is 10.0. The van der Waals surface area contributed by atoms with Crippen molar-refractivity contribution in [3.63, 3.8) is 0 Å². The molecule has 0 aliphatic carbocycles. The number of thiocarbonyl (C=S) groups is 1. The zero-order valence-corrected chi connectivity index (χ0v) is 16.7. The first kappa shape index (κ1) is 19.8. The van der Waals surface area contributed by atoms with Crippen LogP contribution in [0.25, 0.3) is 11.1 Å². The number of hydrogen-bond donors (Lipinski definition) is 2. The summed E-state index contributed by atoms with van der Waals surface area (Å²) in [6.07, 6.45) is 0. The minimum absolute atomic E-state index is 0.322. The van der Waals surface area contributed by atoms with E-state index in [0.29, 0.717) is 26.8 Å². The number of esters is 1. The topological polar surface area (TPSA) is 59.6 Å². The van der Waals surface area contributed by atoms with Crippen molar-refractivity contribution < 1.29 is 18.7 Å². The van der Waals surface area contributed by atoms with Crippen molar-refractivity contribution in [1.82, 2.24) is 0 Å². The van der Waals surface area contributed by atoms with Gasteiger partial charge in [0.05, 0.1) is 14.2 Å². The van der Waals surface area contributed by atoms with Crippen LogP contribution in [0.3, 0.4) is 0 Å². The van der Waals surface area contributed by atoms with Crippen molar-refractivity contribution >= 4 is 45.3 Å². The largest absolute Gasteiger partial charge is 0.497 e. The first-order valence-corrected chi connectivity index (χ1v) is 9.48. The number of thiophene rings is 1. The third kappa shape index (κ3) is 4.47. The van der Waals surface area contributed by atoms with Crippen LogP contribution in [0.15, 0.2) is 53.9 Å². The third-order valence-electron chi connectivity index (χ3n) is 3.91. The van der Waals surface area contributed by atoms with E-state index in [-0.39, 0.29) is 5.82 Å². The van der Waals surface area contributed by atoms with Crippen LogP contribution in [0.1, 0.15) is 10.4 Å². The standard InChI is InChI=1S/C20H17FN2O3S2/c1-25-15-9-7-14(8-10-15)22-20(27)23-18-17(19(24)26-2)16(11-28-18)12-3-5-13(21)6-4-12/h3-11H,1-2H3,(H2,22,23,27). The summed E-state index contributed by atoms with van der Waals surface area (Å²) in [6, 6.07) is 13.2. The fraction of sp³-hybridized carbons (Fsp3) is 0.100. The molecule has 1 aromatic heterocycles. The smallest absolute Gasteiger partial charge is 0.341 e. The van der Waals surface area contributed by atoms with E-state index < -0.39 is 5.97 Å². The van der Waals surface area contributed by atoms with Gasteiger partial charge in [-0.05, 0) is 54.2 Å². The molecule has 5 nitrogen and oxygen atoms in total. The normalized spacial score (nSPS) is 10.2. The molecule has 0 aliphatic rings. The van der Waals surface area contributed by atoms with Gasteiger partial charge in [0.2, 0.25) is 0 Å². The molecule has 0 unspecified atom stereocenters. The zero-order chi connectivity index (χ0) is 20.1. The van der Waals surface area contributed by atoms with Crippen LogP contribution in [-0.4, -0.2) is 25.3 Å². The van der Waals surface area contributed by atoms with E-state index in [1.807, 2.05) is 24.3 Å². The minimum atomic E-state index is -0.504. The second-order valence-electron chi connectivity index (χ2n) is 5.66. The molecular formula is C20H17FN2O3S2. The van der Waals surface area contributed by atoms with E-state index in [4.69, 9.17) is 21.7 Å². The molecule has 0 saturated heterocycles. The molecule has 3 aromatic rings. The first-order valence-electron chi connectivity index (χ1n) is 8.19. The molecule has 0 saturated carbocycles. The Kier molecular flexibility index (Phi) is 6.23. The quantitative estimate of drug-likeness (QED) is 0.443. The van der Waals surface area contributed by atoms with Gasteiger partial charge in [0.25, 0.3) is 0 Å². The number of rotatable bonds is 5. The number of halogens is 1. The molecule has 0 amide bonds. The zero-order valence-electron chi connectivity index (χ0n) is 15.1. The van der Waals surface area contributed by atoms with E-state index in [1.54, 1.807) is 24.6 Å². The molecule has 0 bridgehead atoms. The number of anilines is 2. The molecule has 8 heteroatoms. The summed E-state index contributed by atoms with van der Waals surface area (Å²) in [5, 5.41) is 8.75. The molecule has 1 heterocycles. The van der Waals surface area contributed by atoms with Crippen LogP contribution >= 0.6 is 23.6 Å². The van der Waals surface area contributed by atoms with Crippen molar-refractivity contribution in [1.29, 1.82) is 0 Å². The summed E-state index contributed by atoms with van der Waals surface area (Å²) in [4.78, 5) is 12.4. The van der Waals surface area contributed by atoms with Crippen molar-refractivity contribution in [2.75, 3.05) is 24.9 Å². The number of carbonyl (C=O) groups excluding carboxylic acids is 1. The second-order valence-corrected chi connectivity index (χ2v) is 6.95. The Morgan fingerprint density at radius 2 is 1.71 bits per heavy atom. The van der Waals surface area contributed by atoms with E-state index in [0.717, 1.165) is 11.4 Å². The number of carbonyl (C=O) groups is 1. The molecular weight excluding hydrogens is 399 g/mol. The van der Waals surface area contributed by atoms with Gasteiger partial charge in [0.1, 0.15) is 22.1 Å². The summed E-state index contributed by atoms with van der Waals surface area (Å²) in [5.41, 5.74) is 2.47. The molecule has 0 fully saturated rings. The SMILES string of the molecule is COC(=O)c1c(-c2ccc(F)cc2)csc1NC(=S)Nc1ccc(OC)cc1. The second kappa shape index (κ2) is 8.81. The van der Waals surface area contributed by atoms with E-state index in [9.17, 15) is 9.18 Å². The third-order valence-corrected chi connectivity index (χ3v) is 5.01. The van der Waals surface area contributed by atoms with E-state index >= 15 is 0 Å². The summed E-state index contributed by atoms with van der Waals surface area (Å²) in [7, 11) is 2.91. The Morgan fingerprint density at radius 1 is 1.04 bits per heavy atom. The van der Waals surface area contributed by atoms with Crippen LogP contribution in [0, 0.1) is 5.82 Å². The molecule has 2 N–H and O–H groups in total. The fourth-order valence-corrected chi connectivity index (χ4v) is 3.78. The Labute approximate surface area is 171 Å². The van der Waals surface area contributed by atoms with Gasteiger partial charge in [-0.2, -0.15) is 0 Å². The van der Waals surface area contributed by atoms with Crippen molar-refractivity contribution in [2.24, 2.45) is 0 Å². The van der Waals surface area contributed by atoms with Gasteiger partial charge in [0, 0.05) is 16.6 Å². The molecule has 0 atom stereocenters. The average molecular weight is 416 g/mol. The van der Waals surface area contributed by atoms with Crippen LogP contribution < -0.4 is 15.4 Å². The summed E-state index contributed by atoms with van der Waals surface area (Å²) in [6.45, 7) is 0. The predicted octanol–water partition coefficient (Wildman–Crippen LogP) is 5.16. The molecule has 0 aliphatic heterocycles. The number of benzene rings is 2. The summed E-state index contributed by atoms with van der Waals surface area (Å²) >= 11 is 6.67. The number of ether oxygens (including phenoxy) is 2. The van der Waals surface area contributed by atoms with E-state index in [1.165, 1.54) is 30.6 Å². The average Bonchev–Trinajstić information content (AvgIpc) is 3.11. The first-order chi connectivity index (χ1) is 13.5. The van der Waals surface area contributed by atoms with Crippen LogP contribution in [0.2, 0.25) is 0 Å². The van der Waals surface area contributed by atoms with Crippen LogP contribution in [0.5, 0.6) is 5.75 Å². The predicted molar refractivity (Wildman–Crippen MR) is 114 cm³/mol. The van der Waals surface area contributed by atoms with Gasteiger partial charge < -0.3 is 20.1 Å². The van der Waals surface area contributed by atoms with Crippen LogP contribution in [-0.2, 0) is 4.74 Å². The maximum Gasteiger partial charge on any atom is 0.341 e. The maximum absolute atomic E-state index is 13.2. The Balaban J connectivity index is 1.83. The van der Waals surface area contributed by atoms with E-state index in [2.05, 4.69) is 10.6 Å². The highest BCUT2D eigenvalue weighted by Gasteiger charge is 2.21. The Hall–Kier alpha value is -2.97. The van der Waals surface area contributed by atoms with Crippen molar-refractivity contribution in [3.8, 4) is 16.9 Å². The minimum Gasteiger partial charge on any atom is -0.497 e. The lowest BCUT2D eigenvalue weighted by molar-refractivity contribution is 0.0603. The van der Waals surface area contributed by atoms with Crippen molar-refractivity contribution in [2.45, 2.75) is 0 Å². The summed E-state index contributed by atoms with van der Waals surface area (Å²) < 4.78 is 23.3. The number of nitrogens with one attached hydrogen (secondary N) is 2. The molecule has 0 spiro atoms. The Morgan fingerprint density at radius 3 is 2.32 bits per heavy atom. The number of methoxy groups -OCH3 is 2. The lowest BCUT2D eigenvalue weighted by Crippen LogP contribution is -2.20. The molecule has 3 rings (SSSR count). The highest BCUT2D eigenvalue weighted by Crippen LogP contribution is 2.36. The Bertz CT molecular complexity index is 986. The van der Waals surface area contributed by atoms with Crippen LogP contribution in [0.4, 0.5) is 15.1 Å². The van der Waals surface area contributed by atoms with Gasteiger partial charge in [-0.1, -0.05) is 12.1 Å². The lowest BCUT2D eigenvalue weighted by Gasteiger charge is -2.11. The fourth-order valence-electron chi connectivity index (χ4n) is 2.54. The van der Waals surface area contributed by atoms with Gasteiger partial charge >= 0.3 is 5.97 Å². The highest BCUT2D eigenvalue weighted by molar-refractivity contribution is 7.80. The van der Waals surface area contributed by atoms with Gasteiger partial charge in [-0.15, -0.1) is 11.3 Å². The van der Waals surface area contributed by atoms with Gasteiger partial charge in [-0.3, -0.25) is 0 Å². The van der Waals surface area contributed by atoms with Gasteiger partial charge in [0.15, 0.2) is 5.11 Å². The maximum atomic E-state index is 13.2. The molecule has 144 valence electrons. The molecule has 2 aromatic carbocycles. The van der Waals surface area contributed by atoms with Crippen molar-refractivity contribution in [3.05, 3.63) is 65.3 Å². The monoisotopic (exact) mass is 416 g/mol. The summed E-state index contributed by atoms with van der Waals surface area (Å²) in [5.74, 6) is -0.114. The molecule has 0 radical (unpaired) electrons. The highest BCUT2D eigenvalue weighted by atomic mass is 32.1. The van der Waals surface area contributed by atoms with Gasteiger partial charge in [-0.25, -0.2) is 9.18 Å².